The van der Waals surface area contributed by atoms with Gasteiger partial charge in [-0.3, -0.25) is 29.1 Å². The molecule has 5 N–H and O–H groups in total. The molecule has 2 aliphatic rings. The van der Waals surface area contributed by atoms with Crippen LogP contribution in [0.1, 0.15) is 105 Å². The lowest BCUT2D eigenvalue weighted by molar-refractivity contribution is -0.142. The number of aromatic nitrogens is 4. The van der Waals surface area contributed by atoms with Crippen LogP contribution >= 0.6 is 11.3 Å². The molecule has 0 bridgehead atoms. The van der Waals surface area contributed by atoms with E-state index in [9.17, 15) is 24.3 Å². The molecule has 0 aliphatic carbocycles. The molecular weight excluding hydrogens is 975 g/mol. The number of benzene rings is 3. The van der Waals surface area contributed by atoms with E-state index in [1.807, 2.05) is 130 Å². The number of unbranched alkanes of at least 4 members (excludes halogenated alkanes) is 5. The minimum atomic E-state index is -0.758. The van der Waals surface area contributed by atoms with Crippen molar-refractivity contribution in [3.63, 3.8) is 0 Å². The minimum Gasteiger partial charge on any atom is -0.391 e. The molecule has 2 fully saturated rings. The van der Waals surface area contributed by atoms with E-state index in [0.29, 0.717) is 49.8 Å². The van der Waals surface area contributed by atoms with E-state index in [1.54, 1.807) is 34.8 Å². The molecule has 1 unspecified atom stereocenters. The fourth-order valence-electron chi connectivity index (χ4n) is 9.84. The Morgan fingerprint density at radius 3 is 2.26 bits per heavy atom. The molecule has 76 heavy (non-hydrogen) atoms. The lowest BCUT2D eigenvalue weighted by Gasteiger charge is -2.35. The first-order valence-electron chi connectivity index (χ1n) is 26.7. The quantitative estimate of drug-likeness (QED) is 0.0406. The fourth-order valence-corrected chi connectivity index (χ4v) is 10.6. The number of aliphatic hydroxyl groups is 1. The van der Waals surface area contributed by atoms with Gasteiger partial charge in [0.15, 0.2) is 0 Å². The van der Waals surface area contributed by atoms with Crippen LogP contribution in [0.15, 0.2) is 109 Å². The van der Waals surface area contributed by atoms with Crippen molar-refractivity contribution in [2.75, 3.05) is 49.9 Å². The van der Waals surface area contributed by atoms with Gasteiger partial charge in [-0.25, -0.2) is 15.0 Å². The first-order valence-corrected chi connectivity index (χ1v) is 27.6. The Kier molecular flexibility index (Phi) is 19.1. The van der Waals surface area contributed by atoms with Crippen LogP contribution < -0.4 is 21.3 Å². The standard InChI is InChI=1S/C59H73N11O5S/c1-40-15-24-47(33-50(40)67-58-62-28-25-49(66-58)46-13-12-26-60-36-46)65-55(73)45-22-18-43(19-23-45)37-68-29-31-69(32-30-68)52(72)14-10-8-6-7-9-11-27-61-54(59(3,4)5)57(75)70-38-48(71)34-51(70)56(74)63-35-42-16-20-44(21-17-42)53-41(2)64-39-76-53/h12-13,15-26,28,33,36,39,48,51,54,61,71H,6-11,14,27,29-32,34-35,37-38H2,1-5H3,(H,63,74)(H,65,73)(H,62,66,67)/t48-,51+,54?/m1/s1. The third kappa shape index (κ3) is 15.1. The average molecular weight is 1050 g/mol. The Hall–Kier alpha value is -6.92. The molecule has 16 nitrogen and oxygen atoms in total. The summed E-state index contributed by atoms with van der Waals surface area (Å²) in [5.41, 5.74) is 10.2. The van der Waals surface area contributed by atoms with Crippen LogP contribution in [0, 0.1) is 19.3 Å². The topological polar surface area (TPSA) is 198 Å². The molecule has 3 aromatic heterocycles. The number of aliphatic hydroxyl groups excluding tert-OH is 1. The van der Waals surface area contributed by atoms with Crippen molar-refractivity contribution in [3.8, 4) is 21.7 Å². The van der Waals surface area contributed by atoms with Crippen LogP contribution in [-0.2, 0) is 27.5 Å². The zero-order valence-electron chi connectivity index (χ0n) is 44.6. The van der Waals surface area contributed by atoms with E-state index < -0.39 is 23.6 Å². The molecule has 3 aromatic carbocycles. The van der Waals surface area contributed by atoms with E-state index in [1.165, 1.54) is 0 Å². The average Bonchev–Trinajstić information content (AvgIpc) is 4.05. The van der Waals surface area contributed by atoms with Gasteiger partial charge in [0.1, 0.15) is 6.04 Å². The summed E-state index contributed by atoms with van der Waals surface area (Å²) >= 11 is 1.60. The van der Waals surface area contributed by atoms with Crippen LogP contribution in [0.4, 0.5) is 17.3 Å². The molecule has 0 saturated carbocycles. The first kappa shape index (κ1) is 55.3. The molecule has 6 aromatic rings. The summed E-state index contributed by atoms with van der Waals surface area (Å²) in [4.78, 5) is 78.6. The van der Waals surface area contributed by atoms with Gasteiger partial charge in [0.2, 0.25) is 23.7 Å². The van der Waals surface area contributed by atoms with Crippen molar-refractivity contribution < 1.29 is 24.3 Å². The number of anilines is 3. The molecule has 0 radical (unpaired) electrons. The van der Waals surface area contributed by atoms with Gasteiger partial charge in [0.25, 0.3) is 5.91 Å². The maximum absolute atomic E-state index is 14.1. The molecule has 3 atom stereocenters. The number of hydrogen-bond acceptors (Lipinski definition) is 13. The van der Waals surface area contributed by atoms with Crippen LogP contribution in [0.3, 0.4) is 0 Å². The van der Waals surface area contributed by atoms with Crippen LogP contribution in [0.5, 0.6) is 0 Å². The number of hydrogen-bond donors (Lipinski definition) is 5. The molecule has 8 rings (SSSR count). The van der Waals surface area contributed by atoms with Gasteiger partial charge in [0, 0.05) is 99.7 Å². The number of rotatable bonds is 22. The highest BCUT2D eigenvalue weighted by Crippen LogP contribution is 2.30. The number of aryl methyl sites for hydroxylation is 2. The van der Waals surface area contributed by atoms with Gasteiger partial charge >= 0.3 is 0 Å². The number of piperazine rings is 1. The smallest absolute Gasteiger partial charge is 0.255 e. The van der Waals surface area contributed by atoms with Crippen LogP contribution in [0.2, 0.25) is 0 Å². The van der Waals surface area contributed by atoms with E-state index in [-0.39, 0.29) is 36.6 Å². The summed E-state index contributed by atoms with van der Waals surface area (Å²) in [6.07, 6.45) is 11.1. The molecule has 2 saturated heterocycles. The zero-order valence-corrected chi connectivity index (χ0v) is 45.4. The zero-order chi connectivity index (χ0) is 53.6. The van der Waals surface area contributed by atoms with Crippen LogP contribution in [0.25, 0.3) is 21.7 Å². The predicted octanol–water partition coefficient (Wildman–Crippen LogP) is 8.93. The number of carbonyl (C=O) groups is 4. The summed E-state index contributed by atoms with van der Waals surface area (Å²) in [6.45, 7) is 14.9. The van der Waals surface area contributed by atoms with E-state index in [2.05, 4.69) is 46.1 Å². The lowest BCUT2D eigenvalue weighted by atomic mass is 9.85. The highest BCUT2D eigenvalue weighted by molar-refractivity contribution is 7.13. The van der Waals surface area contributed by atoms with Crippen molar-refractivity contribution in [3.05, 3.63) is 137 Å². The highest BCUT2D eigenvalue weighted by atomic mass is 32.1. The number of pyridine rings is 1. The predicted molar refractivity (Wildman–Crippen MR) is 300 cm³/mol. The van der Waals surface area contributed by atoms with Crippen LogP contribution in [-0.4, -0.2) is 121 Å². The van der Waals surface area contributed by atoms with E-state index >= 15 is 0 Å². The maximum Gasteiger partial charge on any atom is 0.255 e. The second kappa shape index (κ2) is 26.2. The number of carbonyl (C=O) groups excluding carboxylic acids is 4. The van der Waals surface area contributed by atoms with Gasteiger partial charge in [0.05, 0.1) is 33.9 Å². The highest BCUT2D eigenvalue weighted by Gasteiger charge is 2.43. The molecule has 0 spiro atoms. The number of nitrogens with one attached hydrogen (secondary N) is 4. The summed E-state index contributed by atoms with van der Waals surface area (Å²) < 4.78 is 0. The third-order valence-electron chi connectivity index (χ3n) is 14.3. The van der Waals surface area contributed by atoms with Crippen molar-refractivity contribution in [1.29, 1.82) is 0 Å². The van der Waals surface area contributed by atoms with Gasteiger partial charge in [-0.05, 0) is 103 Å². The number of β-amino-alcohol motifs (C(OH)–C–C–N with tert-alkyl or cyclic N) is 1. The summed E-state index contributed by atoms with van der Waals surface area (Å²) in [7, 11) is 0. The monoisotopic (exact) mass is 1050 g/mol. The Morgan fingerprint density at radius 1 is 0.816 bits per heavy atom. The van der Waals surface area contributed by atoms with Crippen molar-refractivity contribution >= 4 is 52.3 Å². The van der Waals surface area contributed by atoms with Crippen molar-refractivity contribution in [1.82, 2.24) is 45.3 Å². The SMILES string of the molecule is Cc1ccc(NC(=O)c2ccc(CN3CCN(C(=O)CCCCCCCCNC(C(=O)N4C[C@H](O)C[C@H]4C(=O)NCc4ccc(-c5scnc5C)cc4)C(C)(C)C)CC3)cc2)cc1Nc1nccc(-c2cccnc2)n1. The largest absolute Gasteiger partial charge is 0.391 e. The summed E-state index contributed by atoms with van der Waals surface area (Å²) in [5.74, 6) is 0.0428. The Bertz CT molecular complexity index is 2880. The number of likely N-dealkylation sites (tertiary alicyclic amines) is 1. The van der Waals surface area contributed by atoms with Gasteiger partial charge in [-0.1, -0.05) is 88.9 Å². The number of nitrogens with zero attached hydrogens (tertiary/aromatic N) is 7. The Morgan fingerprint density at radius 2 is 1.55 bits per heavy atom. The second-order valence-electron chi connectivity index (χ2n) is 21.2. The van der Waals surface area contributed by atoms with Gasteiger partial charge in [-0.2, -0.15) is 0 Å². The Labute approximate surface area is 451 Å². The van der Waals surface area contributed by atoms with Gasteiger partial charge in [-0.15, -0.1) is 11.3 Å². The van der Waals surface area contributed by atoms with Crippen molar-refractivity contribution in [2.24, 2.45) is 5.41 Å². The third-order valence-corrected chi connectivity index (χ3v) is 15.3. The molecule has 400 valence electrons. The second-order valence-corrected chi connectivity index (χ2v) is 22.0. The molecule has 2 aliphatic heterocycles. The molecular formula is C59H73N11O5S. The van der Waals surface area contributed by atoms with Gasteiger partial charge < -0.3 is 36.2 Å². The summed E-state index contributed by atoms with van der Waals surface area (Å²) in [5, 5.41) is 23.5. The number of thiazole rings is 1. The van der Waals surface area contributed by atoms with Crippen molar-refractivity contribution in [2.45, 2.75) is 117 Å². The molecule has 5 heterocycles. The fraction of sp³-hybridized carbons (Fsp3) is 0.424. The lowest BCUT2D eigenvalue weighted by Crippen LogP contribution is -2.56. The minimum absolute atomic E-state index is 0.132. The normalized spacial score (nSPS) is 16.3. The molecule has 4 amide bonds. The van der Waals surface area contributed by atoms with E-state index in [4.69, 9.17) is 0 Å². The molecule has 17 heteroatoms. The number of amides is 4. The first-order chi connectivity index (χ1) is 36.7. The van der Waals surface area contributed by atoms with E-state index in [0.717, 1.165) is 108 Å². The Balaban J connectivity index is 0.687. The summed E-state index contributed by atoms with van der Waals surface area (Å²) in [6, 6.07) is 25.9. The maximum atomic E-state index is 14.1.